The molecule has 2 rings (SSSR count). The van der Waals surface area contributed by atoms with Gasteiger partial charge >= 0.3 is 0 Å². The molecule has 1 aromatic rings. The first kappa shape index (κ1) is 11.3. The lowest BCUT2D eigenvalue weighted by Crippen LogP contribution is -2.25. The van der Waals surface area contributed by atoms with Crippen LogP contribution in [0.2, 0.25) is 5.02 Å². The molecule has 0 aromatic heterocycles. The molecule has 0 aliphatic carbocycles. The Hall–Kier alpha value is -1.18. The van der Waals surface area contributed by atoms with E-state index in [9.17, 15) is 4.79 Å². The molecule has 1 atom stereocenters. The Bertz CT molecular complexity index is 483. The smallest absolute Gasteiger partial charge is 0.228 e. The number of hydrogen-bond acceptors (Lipinski definition) is 3. The van der Waals surface area contributed by atoms with Gasteiger partial charge in [0.05, 0.1) is 11.3 Å². The molecule has 1 aliphatic heterocycles. The topological polar surface area (TPSA) is 44.1 Å². The Labute approximate surface area is 104 Å². The van der Waals surface area contributed by atoms with Crippen molar-refractivity contribution in [2.24, 2.45) is 0 Å². The Morgan fingerprint density at radius 2 is 2.31 bits per heavy atom. The van der Waals surface area contributed by atoms with Crippen molar-refractivity contribution in [3.05, 3.63) is 28.8 Å². The molecular weight excluding hydrogens is 244 g/mol. The van der Waals surface area contributed by atoms with Crippen LogP contribution in [0.3, 0.4) is 0 Å². The van der Waals surface area contributed by atoms with Crippen LogP contribution < -0.4 is 4.90 Å². The van der Waals surface area contributed by atoms with Crippen LogP contribution in [-0.4, -0.2) is 17.7 Å². The minimum Gasteiger partial charge on any atom is -0.310 e. The van der Waals surface area contributed by atoms with E-state index < -0.39 is 0 Å². The molecule has 1 aliphatic rings. The molecule has 1 unspecified atom stereocenters. The molecule has 0 bridgehead atoms. The first-order valence-electron chi connectivity index (χ1n) is 4.80. The van der Waals surface area contributed by atoms with E-state index in [1.807, 2.05) is 6.07 Å². The predicted molar refractivity (Wildman–Crippen MR) is 65.9 cm³/mol. The first-order chi connectivity index (χ1) is 7.61. The van der Waals surface area contributed by atoms with Crippen molar-refractivity contribution in [2.45, 2.75) is 11.7 Å². The summed E-state index contributed by atoms with van der Waals surface area (Å²) in [5, 5.41) is 9.52. The minimum atomic E-state index is -0.00109. The van der Waals surface area contributed by atoms with E-state index in [1.54, 1.807) is 23.1 Å². The van der Waals surface area contributed by atoms with Crippen molar-refractivity contribution in [3.8, 4) is 6.07 Å². The highest BCUT2D eigenvalue weighted by Gasteiger charge is 2.29. The monoisotopic (exact) mass is 252 g/mol. The molecule has 0 radical (unpaired) electrons. The normalized spacial score (nSPS) is 19.9. The molecule has 1 saturated heterocycles. The Morgan fingerprint density at radius 1 is 1.56 bits per heavy atom. The van der Waals surface area contributed by atoms with Crippen molar-refractivity contribution < 1.29 is 4.79 Å². The average Bonchev–Trinajstić information content (AvgIpc) is 2.57. The standard InChI is InChI=1S/C11H9ClN2OS/c12-8-1-2-10(7(3-8)5-13)14-6-9(16)4-11(14)15/h1-3,9,16H,4,6H2. The van der Waals surface area contributed by atoms with Gasteiger partial charge in [0.15, 0.2) is 0 Å². The fourth-order valence-corrected chi connectivity index (χ4v) is 2.25. The molecule has 5 heteroatoms. The number of halogens is 1. The Morgan fingerprint density at radius 3 is 2.88 bits per heavy atom. The number of thiol groups is 1. The van der Waals surface area contributed by atoms with Crippen LogP contribution in [0.1, 0.15) is 12.0 Å². The van der Waals surface area contributed by atoms with E-state index in [2.05, 4.69) is 12.6 Å². The zero-order valence-corrected chi connectivity index (χ0v) is 10.0. The van der Waals surface area contributed by atoms with Crippen LogP contribution >= 0.6 is 24.2 Å². The summed E-state index contributed by atoms with van der Waals surface area (Å²) in [5.41, 5.74) is 1.04. The molecule has 0 spiro atoms. The van der Waals surface area contributed by atoms with E-state index in [0.29, 0.717) is 29.2 Å². The highest BCUT2D eigenvalue weighted by molar-refractivity contribution is 7.81. The maximum absolute atomic E-state index is 11.7. The fourth-order valence-electron chi connectivity index (χ4n) is 1.75. The fraction of sp³-hybridized carbons (Fsp3) is 0.273. The number of rotatable bonds is 1. The summed E-state index contributed by atoms with van der Waals surface area (Å²) in [6.45, 7) is 0.540. The molecule has 82 valence electrons. The van der Waals surface area contributed by atoms with Gasteiger partial charge in [0.2, 0.25) is 5.91 Å². The second-order valence-electron chi connectivity index (χ2n) is 3.64. The third kappa shape index (κ3) is 2.01. The Kier molecular flexibility index (Phi) is 3.08. The number of carbonyl (C=O) groups is 1. The summed E-state index contributed by atoms with van der Waals surface area (Å²) in [7, 11) is 0. The number of amides is 1. The van der Waals surface area contributed by atoms with Crippen LogP contribution in [0.4, 0.5) is 5.69 Å². The summed E-state index contributed by atoms with van der Waals surface area (Å²) in [5.74, 6) is -0.00109. The maximum Gasteiger partial charge on any atom is 0.228 e. The number of anilines is 1. The Balaban J connectivity index is 2.41. The highest BCUT2D eigenvalue weighted by Crippen LogP contribution is 2.28. The van der Waals surface area contributed by atoms with Gasteiger partial charge in [-0.1, -0.05) is 11.6 Å². The van der Waals surface area contributed by atoms with Gasteiger partial charge in [-0.15, -0.1) is 0 Å². The summed E-state index contributed by atoms with van der Waals surface area (Å²) >= 11 is 10.1. The van der Waals surface area contributed by atoms with Crippen LogP contribution in [-0.2, 0) is 4.79 Å². The van der Waals surface area contributed by atoms with Crippen molar-refractivity contribution in [2.75, 3.05) is 11.4 Å². The van der Waals surface area contributed by atoms with Gasteiger partial charge in [-0.25, -0.2) is 0 Å². The van der Waals surface area contributed by atoms with Gasteiger partial charge in [0.1, 0.15) is 6.07 Å². The third-order valence-corrected chi connectivity index (χ3v) is 3.06. The maximum atomic E-state index is 11.7. The van der Waals surface area contributed by atoms with Gasteiger partial charge in [-0.2, -0.15) is 17.9 Å². The molecular formula is C11H9ClN2OS. The first-order valence-corrected chi connectivity index (χ1v) is 5.69. The number of hydrogen-bond donors (Lipinski definition) is 1. The number of carbonyl (C=O) groups excluding carboxylic acids is 1. The lowest BCUT2D eigenvalue weighted by molar-refractivity contribution is -0.117. The lowest BCUT2D eigenvalue weighted by Gasteiger charge is -2.17. The van der Waals surface area contributed by atoms with Crippen molar-refractivity contribution in [3.63, 3.8) is 0 Å². The molecule has 16 heavy (non-hydrogen) atoms. The molecule has 1 aromatic carbocycles. The highest BCUT2D eigenvalue weighted by atomic mass is 35.5. The largest absolute Gasteiger partial charge is 0.310 e. The number of benzene rings is 1. The zero-order chi connectivity index (χ0) is 11.7. The second-order valence-corrected chi connectivity index (χ2v) is 4.80. The summed E-state index contributed by atoms with van der Waals surface area (Å²) in [6.07, 6.45) is 0.413. The van der Waals surface area contributed by atoms with E-state index in [0.717, 1.165) is 0 Å². The molecule has 0 saturated carbocycles. The van der Waals surface area contributed by atoms with Crippen LogP contribution in [0.5, 0.6) is 0 Å². The van der Waals surface area contributed by atoms with Crippen LogP contribution in [0.15, 0.2) is 18.2 Å². The number of nitrogens with zero attached hydrogens (tertiary/aromatic N) is 2. The summed E-state index contributed by atoms with van der Waals surface area (Å²) < 4.78 is 0. The summed E-state index contributed by atoms with van der Waals surface area (Å²) in [4.78, 5) is 13.3. The number of nitriles is 1. The van der Waals surface area contributed by atoms with Gasteiger partial charge in [0, 0.05) is 23.2 Å². The van der Waals surface area contributed by atoms with Crippen molar-refractivity contribution >= 4 is 35.8 Å². The minimum absolute atomic E-state index is 0.00109. The zero-order valence-electron chi connectivity index (χ0n) is 8.35. The van der Waals surface area contributed by atoms with E-state index in [4.69, 9.17) is 16.9 Å². The van der Waals surface area contributed by atoms with E-state index >= 15 is 0 Å². The van der Waals surface area contributed by atoms with Crippen LogP contribution in [0, 0.1) is 11.3 Å². The quantitative estimate of drug-likeness (QED) is 0.779. The van der Waals surface area contributed by atoms with Crippen molar-refractivity contribution in [1.29, 1.82) is 5.26 Å². The van der Waals surface area contributed by atoms with E-state index in [-0.39, 0.29) is 11.2 Å². The molecule has 3 nitrogen and oxygen atoms in total. The lowest BCUT2D eigenvalue weighted by atomic mass is 10.2. The summed E-state index contributed by atoms with van der Waals surface area (Å²) in [6, 6.07) is 6.99. The van der Waals surface area contributed by atoms with Crippen LogP contribution in [0.25, 0.3) is 0 Å². The molecule has 1 fully saturated rings. The van der Waals surface area contributed by atoms with Gasteiger partial charge in [-0.05, 0) is 18.2 Å². The SMILES string of the molecule is N#Cc1cc(Cl)ccc1N1CC(S)CC1=O. The third-order valence-electron chi connectivity index (χ3n) is 2.47. The molecule has 1 amide bonds. The predicted octanol–water partition coefficient (Wildman–Crippen LogP) is 2.25. The molecule has 1 heterocycles. The second kappa shape index (κ2) is 4.36. The van der Waals surface area contributed by atoms with E-state index in [1.165, 1.54) is 0 Å². The van der Waals surface area contributed by atoms with Crippen molar-refractivity contribution in [1.82, 2.24) is 0 Å². The van der Waals surface area contributed by atoms with Gasteiger partial charge in [0.25, 0.3) is 0 Å². The van der Waals surface area contributed by atoms with Gasteiger partial charge in [-0.3, -0.25) is 4.79 Å². The average molecular weight is 253 g/mol. The molecule has 0 N–H and O–H groups in total. The van der Waals surface area contributed by atoms with Gasteiger partial charge < -0.3 is 4.90 Å².